The van der Waals surface area contributed by atoms with E-state index in [1.54, 1.807) is 0 Å². The molecule has 0 heterocycles. The molecule has 0 rings (SSSR count). The van der Waals surface area contributed by atoms with E-state index < -0.39 is 11.9 Å². The number of hydrogen-bond acceptors (Lipinski definition) is 4. The molecule has 6 heteroatoms. The van der Waals surface area contributed by atoms with Gasteiger partial charge >= 0.3 is 11.9 Å². The molecule has 21 heavy (non-hydrogen) atoms. The molecule has 122 valence electrons. The average Bonchev–Trinajstić information content (AvgIpc) is 2.35. The van der Waals surface area contributed by atoms with Crippen LogP contribution in [0, 0.1) is 0 Å². The SMILES string of the molecule is C=C(CCCN(C)C)C(=O)O.C=C(CCN(C)C)C(=O)O. The average molecular weight is 300 g/mol. The largest absolute Gasteiger partial charge is 0.478 e. The third-order valence-corrected chi connectivity index (χ3v) is 2.55. The third-order valence-electron chi connectivity index (χ3n) is 2.55. The Kier molecular flexibility index (Phi) is 12.5. The van der Waals surface area contributed by atoms with Crippen LogP contribution in [0.25, 0.3) is 0 Å². The Labute approximate surface area is 127 Å². The van der Waals surface area contributed by atoms with Gasteiger partial charge in [-0.1, -0.05) is 13.2 Å². The van der Waals surface area contributed by atoms with Gasteiger partial charge in [0.25, 0.3) is 0 Å². The van der Waals surface area contributed by atoms with E-state index in [0.29, 0.717) is 18.4 Å². The van der Waals surface area contributed by atoms with Crippen LogP contribution in [0.5, 0.6) is 0 Å². The first-order valence-electron chi connectivity index (χ1n) is 6.69. The molecule has 0 atom stereocenters. The van der Waals surface area contributed by atoms with Crippen LogP contribution in [0.3, 0.4) is 0 Å². The van der Waals surface area contributed by atoms with Gasteiger partial charge in [-0.2, -0.15) is 0 Å². The lowest BCUT2D eigenvalue weighted by atomic mass is 10.1. The summed E-state index contributed by atoms with van der Waals surface area (Å²) in [5.74, 6) is -1.79. The molecule has 2 N–H and O–H groups in total. The molecule has 0 aromatic rings. The van der Waals surface area contributed by atoms with Gasteiger partial charge in [-0.15, -0.1) is 0 Å². The molecule has 0 bridgehead atoms. The van der Waals surface area contributed by atoms with Crippen molar-refractivity contribution in [3.05, 3.63) is 24.3 Å². The van der Waals surface area contributed by atoms with E-state index in [1.807, 2.05) is 38.0 Å². The summed E-state index contributed by atoms with van der Waals surface area (Å²) >= 11 is 0. The van der Waals surface area contributed by atoms with Crippen molar-refractivity contribution in [1.82, 2.24) is 9.80 Å². The summed E-state index contributed by atoms with van der Waals surface area (Å²) in [6.45, 7) is 8.48. The number of nitrogens with zero attached hydrogens (tertiary/aromatic N) is 2. The Morgan fingerprint density at radius 2 is 1.19 bits per heavy atom. The maximum absolute atomic E-state index is 10.3. The van der Waals surface area contributed by atoms with Crippen LogP contribution in [0.4, 0.5) is 0 Å². The molecule has 0 saturated carbocycles. The Bertz CT molecular complexity index is 363. The minimum Gasteiger partial charge on any atom is -0.478 e. The number of hydrogen-bond donors (Lipinski definition) is 2. The molecule has 0 aromatic carbocycles. The van der Waals surface area contributed by atoms with Gasteiger partial charge in [0.15, 0.2) is 0 Å². The fourth-order valence-electron chi connectivity index (χ4n) is 1.18. The van der Waals surface area contributed by atoms with Gasteiger partial charge in [0, 0.05) is 17.7 Å². The van der Waals surface area contributed by atoms with Gasteiger partial charge in [0.05, 0.1) is 0 Å². The van der Waals surface area contributed by atoms with Gasteiger partial charge in [0.2, 0.25) is 0 Å². The normalized spacial score (nSPS) is 10.0. The van der Waals surface area contributed by atoms with Crippen LogP contribution < -0.4 is 0 Å². The molecule has 0 aliphatic heterocycles. The maximum Gasteiger partial charge on any atom is 0.331 e. The molecule has 6 nitrogen and oxygen atoms in total. The molecule has 0 aromatic heterocycles. The lowest BCUT2D eigenvalue weighted by molar-refractivity contribution is -0.133. The molecule has 0 amide bonds. The number of carbonyl (C=O) groups is 2. The van der Waals surface area contributed by atoms with Crippen molar-refractivity contribution in [3.8, 4) is 0 Å². The zero-order chi connectivity index (χ0) is 17.0. The Morgan fingerprint density at radius 3 is 1.52 bits per heavy atom. The summed E-state index contributed by atoms with van der Waals surface area (Å²) in [4.78, 5) is 24.4. The van der Waals surface area contributed by atoms with Crippen LogP contribution in [-0.4, -0.2) is 73.2 Å². The smallest absolute Gasteiger partial charge is 0.331 e. The van der Waals surface area contributed by atoms with Crippen molar-refractivity contribution in [2.24, 2.45) is 0 Å². The molecule has 0 unspecified atom stereocenters. The molecule has 0 aliphatic rings. The van der Waals surface area contributed by atoms with Crippen LogP contribution in [0.2, 0.25) is 0 Å². The zero-order valence-electron chi connectivity index (χ0n) is 13.6. The lowest BCUT2D eigenvalue weighted by Crippen LogP contribution is -2.15. The number of aliphatic carboxylic acids is 2. The summed E-state index contributed by atoms with van der Waals surface area (Å²) < 4.78 is 0. The second-order valence-electron chi connectivity index (χ2n) is 5.28. The van der Waals surface area contributed by atoms with Crippen molar-refractivity contribution >= 4 is 11.9 Å². The summed E-state index contributed by atoms with van der Waals surface area (Å²) in [6.07, 6.45) is 1.97. The molecule has 0 saturated heterocycles. The topological polar surface area (TPSA) is 81.1 Å². The summed E-state index contributed by atoms with van der Waals surface area (Å²) in [5.41, 5.74) is 0.570. The first-order chi connectivity index (χ1) is 9.57. The highest BCUT2D eigenvalue weighted by Gasteiger charge is 2.03. The highest BCUT2D eigenvalue weighted by molar-refractivity contribution is 5.86. The summed E-state index contributed by atoms with van der Waals surface area (Å²) in [6, 6.07) is 0. The first-order valence-corrected chi connectivity index (χ1v) is 6.69. The molecular weight excluding hydrogens is 272 g/mol. The molecule has 0 radical (unpaired) electrons. The van der Waals surface area contributed by atoms with E-state index in [9.17, 15) is 9.59 Å². The van der Waals surface area contributed by atoms with Gasteiger partial charge in [-0.05, 0) is 54.0 Å². The minimum atomic E-state index is -0.901. The number of rotatable bonds is 9. The fourth-order valence-corrected chi connectivity index (χ4v) is 1.18. The van der Waals surface area contributed by atoms with Crippen molar-refractivity contribution in [2.45, 2.75) is 19.3 Å². The zero-order valence-corrected chi connectivity index (χ0v) is 13.6. The van der Waals surface area contributed by atoms with Crippen molar-refractivity contribution in [1.29, 1.82) is 0 Å². The van der Waals surface area contributed by atoms with Crippen LogP contribution in [-0.2, 0) is 9.59 Å². The summed E-state index contributed by atoms with van der Waals surface area (Å²) in [7, 11) is 7.72. The lowest BCUT2D eigenvalue weighted by Gasteiger charge is -2.08. The van der Waals surface area contributed by atoms with E-state index in [4.69, 9.17) is 10.2 Å². The molecule has 0 spiro atoms. The van der Waals surface area contributed by atoms with Crippen molar-refractivity contribution in [3.63, 3.8) is 0 Å². The molecule has 0 aliphatic carbocycles. The number of carboxylic acids is 2. The Balaban J connectivity index is 0. The van der Waals surface area contributed by atoms with E-state index in [1.165, 1.54) is 0 Å². The first kappa shape index (κ1) is 21.6. The van der Waals surface area contributed by atoms with Crippen molar-refractivity contribution in [2.75, 3.05) is 41.3 Å². The predicted molar refractivity (Wildman–Crippen MR) is 84.5 cm³/mol. The highest BCUT2D eigenvalue weighted by atomic mass is 16.4. The van der Waals surface area contributed by atoms with Crippen LogP contribution >= 0.6 is 0 Å². The van der Waals surface area contributed by atoms with Crippen LogP contribution in [0.1, 0.15) is 19.3 Å². The maximum atomic E-state index is 10.3. The fraction of sp³-hybridized carbons (Fsp3) is 0.600. The number of carboxylic acid groups (broad SMARTS) is 2. The van der Waals surface area contributed by atoms with Crippen LogP contribution in [0.15, 0.2) is 24.3 Å². The third kappa shape index (κ3) is 16.3. The molecule has 0 fully saturated rings. The minimum absolute atomic E-state index is 0.272. The quantitative estimate of drug-likeness (QED) is 0.629. The standard InChI is InChI=1S/C8H15NO2.C7H13NO2/c1-7(8(10)11)5-4-6-9(2)3;1-6(7(9)10)4-5-8(2)3/h1,4-6H2,2-3H3,(H,10,11);1,4-5H2,2-3H3,(H,9,10). The van der Waals surface area contributed by atoms with E-state index >= 15 is 0 Å². The van der Waals surface area contributed by atoms with Gasteiger partial charge in [0.1, 0.15) is 0 Å². The van der Waals surface area contributed by atoms with Gasteiger partial charge in [-0.3, -0.25) is 0 Å². The second kappa shape index (κ2) is 12.1. The highest BCUT2D eigenvalue weighted by Crippen LogP contribution is 2.02. The Morgan fingerprint density at radius 1 is 0.810 bits per heavy atom. The molecular formula is C15H28N2O4. The monoisotopic (exact) mass is 300 g/mol. The Hall–Kier alpha value is -1.66. The predicted octanol–water partition coefficient (Wildman–Crippen LogP) is 1.55. The van der Waals surface area contributed by atoms with Crippen molar-refractivity contribution < 1.29 is 19.8 Å². The van der Waals surface area contributed by atoms with E-state index in [-0.39, 0.29) is 5.57 Å². The van der Waals surface area contributed by atoms with Gasteiger partial charge < -0.3 is 20.0 Å². The van der Waals surface area contributed by atoms with E-state index in [0.717, 1.165) is 19.5 Å². The second-order valence-corrected chi connectivity index (χ2v) is 5.28. The van der Waals surface area contributed by atoms with E-state index in [2.05, 4.69) is 13.2 Å². The summed E-state index contributed by atoms with van der Waals surface area (Å²) in [5, 5.41) is 16.8. The van der Waals surface area contributed by atoms with Gasteiger partial charge in [-0.25, -0.2) is 9.59 Å².